The van der Waals surface area contributed by atoms with Crippen LogP contribution in [0.4, 0.5) is 0 Å². The second kappa shape index (κ2) is 10.4. The van der Waals surface area contributed by atoms with Gasteiger partial charge in [0.05, 0.1) is 19.8 Å². The van der Waals surface area contributed by atoms with Crippen LogP contribution >= 0.6 is 0 Å². The molecule has 0 saturated carbocycles. The summed E-state index contributed by atoms with van der Waals surface area (Å²) in [7, 11) is 2.58. The Bertz CT molecular complexity index is 947. The molecule has 0 aliphatic heterocycles. The van der Waals surface area contributed by atoms with Gasteiger partial charge in [0.25, 0.3) is 0 Å². The number of hydrogen-bond donors (Lipinski definition) is 0. The van der Waals surface area contributed by atoms with Crippen LogP contribution in [0.25, 0.3) is 0 Å². The lowest BCUT2D eigenvalue weighted by molar-refractivity contribution is -0.143. The number of carbonyl (C=O) groups is 3. The molecule has 0 aromatic heterocycles. The third kappa shape index (κ3) is 5.83. The predicted molar refractivity (Wildman–Crippen MR) is 110 cm³/mol. The van der Waals surface area contributed by atoms with Gasteiger partial charge in [0.15, 0.2) is 19.5 Å². The van der Waals surface area contributed by atoms with Crippen LogP contribution in [0.2, 0.25) is 0 Å². The molecule has 0 amide bonds. The molecule has 30 heavy (non-hydrogen) atoms. The molecule has 0 bridgehead atoms. The summed E-state index contributed by atoms with van der Waals surface area (Å²) in [6, 6.07) is 7.56. The molecule has 0 fully saturated rings. The van der Waals surface area contributed by atoms with E-state index in [1.54, 1.807) is 13.0 Å². The van der Waals surface area contributed by atoms with Crippen molar-refractivity contribution in [3.05, 3.63) is 57.6 Å². The van der Waals surface area contributed by atoms with Crippen molar-refractivity contribution in [2.75, 3.05) is 27.4 Å². The average molecular weight is 414 g/mol. The minimum Gasteiger partial charge on any atom is -0.481 e. The molecule has 2 aromatic rings. The molecule has 0 saturated heterocycles. The van der Waals surface area contributed by atoms with Crippen LogP contribution in [0.5, 0.6) is 11.5 Å². The van der Waals surface area contributed by atoms with Crippen molar-refractivity contribution in [3.63, 3.8) is 0 Å². The zero-order valence-electron chi connectivity index (χ0n) is 17.9. The van der Waals surface area contributed by atoms with E-state index in [1.807, 2.05) is 32.0 Å². The first kappa shape index (κ1) is 22.9. The Hall–Kier alpha value is -3.35. The monoisotopic (exact) mass is 414 g/mol. The van der Waals surface area contributed by atoms with Gasteiger partial charge < -0.3 is 18.9 Å². The topological polar surface area (TPSA) is 88.1 Å². The number of benzene rings is 2. The van der Waals surface area contributed by atoms with Crippen molar-refractivity contribution in [1.82, 2.24) is 0 Å². The van der Waals surface area contributed by atoms with Crippen molar-refractivity contribution in [1.29, 1.82) is 0 Å². The zero-order chi connectivity index (χ0) is 22.3. The molecule has 0 aliphatic rings. The summed E-state index contributed by atoms with van der Waals surface area (Å²) in [5, 5.41) is 0. The highest BCUT2D eigenvalue weighted by atomic mass is 16.6. The van der Waals surface area contributed by atoms with E-state index in [2.05, 4.69) is 9.47 Å². The van der Waals surface area contributed by atoms with Gasteiger partial charge in [0, 0.05) is 6.42 Å². The minimum atomic E-state index is -0.530. The Morgan fingerprint density at radius 1 is 0.833 bits per heavy atom. The first-order chi connectivity index (χ1) is 14.3. The van der Waals surface area contributed by atoms with E-state index in [-0.39, 0.29) is 13.2 Å². The molecular weight excluding hydrogens is 388 g/mol. The summed E-state index contributed by atoms with van der Waals surface area (Å²) in [5.74, 6) is -0.0332. The van der Waals surface area contributed by atoms with Gasteiger partial charge in [-0.05, 0) is 49.1 Å². The molecule has 0 heterocycles. The van der Waals surface area contributed by atoms with Crippen molar-refractivity contribution < 1.29 is 33.3 Å². The normalized spacial score (nSPS) is 10.3. The highest BCUT2D eigenvalue weighted by Crippen LogP contribution is 2.30. The average Bonchev–Trinajstić information content (AvgIpc) is 2.71. The van der Waals surface area contributed by atoms with Gasteiger partial charge in [0.1, 0.15) is 11.5 Å². The number of rotatable bonds is 9. The van der Waals surface area contributed by atoms with Crippen molar-refractivity contribution in [3.8, 4) is 11.5 Å². The first-order valence-electron chi connectivity index (χ1n) is 9.37. The van der Waals surface area contributed by atoms with Gasteiger partial charge in [-0.3, -0.25) is 4.79 Å². The summed E-state index contributed by atoms with van der Waals surface area (Å²) < 4.78 is 20.4. The predicted octanol–water partition coefficient (Wildman–Crippen LogP) is 3.12. The van der Waals surface area contributed by atoms with Crippen molar-refractivity contribution >= 4 is 18.2 Å². The first-order valence-corrected chi connectivity index (χ1v) is 9.37. The number of aldehydes is 1. The molecular formula is C23H26O7. The van der Waals surface area contributed by atoms with Crippen LogP contribution in [0, 0.1) is 20.8 Å². The van der Waals surface area contributed by atoms with Crippen molar-refractivity contribution in [2.45, 2.75) is 27.2 Å². The summed E-state index contributed by atoms with van der Waals surface area (Å²) in [4.78, 5) is 34.5. The molecule has 2 rings (SSSR count). The summed E-state index contributed by atoms with van der Waals surface area (Å²) >= 11 is 0. The number of ether oxygens (including phenoxy) is 4. The van der Waals surface area contributed by atoms with Crippen molar-refractivity contribution in [2.24, 2.45) is 0 Å². The van der Waals surface area contributed by atoms with Crippen LogP contribution in [0.3, 0.4) is 0 Å². The number of esters is 2. The van der Waals surface area contributed by atoms with E-state index in [4.69, 9.17) is 9.47 Å². The number of hydrogen-bond acceptors (Lipinski definition) is 7. The van der Waals surface area contributed by atoms with Gasteiger partial charge in [-0.1, -0.05) is 23.8 Å². The largest absolute Gasteiger partial charge is 0.481 e. The minimum absolute atomic E-state index is 0.188. The molecule has 0 unspecified atom stereocenters. The Balaban J connectivity index is 2.35. The fourth-order valence-corrected chi connectivity index (χ4v) is 3.25. The Labute approximate surface area is 175 Å². The highest BCUT2D eigenvalue weighted by molar-refractivity contribution is 5.81. The molecule has 2 aromatic carbocycles. The molecule has 160 valence electrons. The van der Waals surface area contributed by atoms with E-state index in [9.17, 15) is 14.4 Å². The fourth-order valence-electron chi connectivity index (χ4n) is 3.25. The Morgan fingerprint density at radius 2 is 1.40 bits per heavy atom. The molecule has 0 atom stereocenters. The third-order valence-corrected chi connectivity index (χ3v) is 4.50. The van der Waals surface area contributed by atoms with E-state index in [1.165, 1.54) is 14.2 Å². The fraction of sp³-hybridized carbons (Fsp3) is 0.348. The molecule has 0 radical (unpaired) electrons. The molecule has 7 nitrogen and oxygen atoms in total. The van der Waals surface area contributed by atoms with E-state index in [0.29, 0.717) is 29.8 Å². The summed E-state index contributed by atoms with van der Waals surface area (Å²) in [6.07, 6.45) is 1.18. The summed E-state index contributed by atoms with van der Waals surface area (Å²) in [6.45, 7) is 5.23. The van der Waals surface area contributed by atoms with Gasteiger partial charge in [0.2, 0.25) is 0 Å². The maximum atomic E-state index is 11.6. The summed E-state index contributed by atoms with van der Waals surface area (Å²) in [5.41, 5.74) is 4.77. The number of methoxy groups -OCH3 is 2. The molecule has 0 aliphatic carbocycles. The quantitative estimate of drug-likeness (QED) is 0.460. The maximum Gasteiger partial charge on any atom is 0.343 e. The lowest BCUT2D eigenvalue weighted by atomic mass is 9.96. The van der Waals surface area contributed by atoms with Gasteiger partial charge >= 0.3 is 11.9 Å². The maximum absolute atomic E-state index is 11.6. The standard InChI is InChI=1S/C23H26O7/c1-14-6-15(2)22(29-12-20(25)27-4)18(7-14)9-17-8-16(3)23(19(10-17)11-24)30-13-21(26)28-5/h6-8,10-11H,9,12-13H2,1-5H3. The van der Waals surface area contributed by atoms with E-state index < -0.39 is 11.9 Å². The number of carbonyl (C=O) groups excluding carboxylic acids is 3. The lowest BCUT2D eigenvalue weighted by Crippen LogP contribution is -2.15. The van der Waals surface area contributed by atoms with E-state index >= 15 is 0 Å². The van der Waals surface area contributed by atoms with Gasteiger partial charge in [-0.25, -0.2) is 9.59 Å². The van der Waals surface area contributed by atoms with Crippen LogP contribution in [-0.2, 0) is 25.5 Å². The van der Waals surface area contributed by atoms with E-state index in [0.717, 1.165) is 27.8 Å². The van der Waals surface area contributed by atoms with Crippen LogP contribution in [0.1, 0.15) is 38.2 Å². The highest BCUT2D eigenvalue weighted by Gasteiger charge is 2.15. The van der Waals surface area contributed by atoms with Crippen LogP contribution in [-0.4, -0.2) is 45.7 Å². The molecule has 0 N–H and O–H groups in total. The third-order valence-electron chi connectivity index (χ3n) is 4.50. The van der Waals surface area contributed by atoms with Crippen LogP contribution in [0.15, 0.2) is 24.3 Å². The smallest absolute Gasteiger partial charge is 0.343 e. The molecule has 7 heteroatoms. The second-order valence-corrected chi connectivity index (χ2v) is 6.93. The van der Waals surface area contributed by atoms with Gasteiger partial charge in [-0.15, -0.1) is 0 Å². The molecule has 0 spiro atoms. The van der Waals surface area contributed by atoms with Gasteiger partial charge in [-0.2, -0.15) is 0 Å². The lowest BCUT2D eigenvalue weighted by Gasteiger charge is -2.17. The Kier molecular flexibility index (Phi) is 7.98. The van der Waals surface area contributed by atoms with Crippen LogP contribution < -0.4 is 9.47 Å². The Morgan fingerprint density at radius 3 is 1.97 bits per heavy atom. The number of aryl methyl sites for hydroxylation is 3. The SMILES string of the molecule is COC(=O)COc1c(C)cc(Cc2cc(C)cc(C)c2OCC(=O)OC)cc1C=O. The zero-order valence-corrected chi connectivity index (χ0v) is 17.9. The second-order valence-electron chi connectivity index (χ2n) is 6.93.